The van der Waals surface area contributed by atoms with Crippen molar-refractivity contribution in [1.29, 1.82) is 0 Å². The van der Waals surface area contributed by atoms with Crippen LogP contribution in [-0.4, -0.2) is 41.2 Å². The van der Waals surface area contributed by atoms with Gasteiger partial charge in [0.05, 0.1) is 6.42 Å². The number of carbonyl (C=O) groups excluding carboxylic acids is 2. The molecular weight excluding hydrogens is 382 g/mol. The van der Waals surface area contributed by atoms with Crippen LogP contribution < -0.4 is 0 Å². The molecule has 0 atom stereocenters. The van der Waals surface area contributed by atoms with Gasteiger partial charge in [0.15, 0.2) is 0 Å². The smallest absolute Gasteiger partial charge is 0.227 e. The minimum absolute atomic E-state index is 0.0167. The molecule has 0 radical (unpaired) electrons. The Morgan fingerprint density at radius 1 is 1.14 bits per heavy atom. The first-order valence-corrected chi connectivity index (χ1v) is 10.3. The largest absolute Gasteiger partial charge is 0.342 e. The van der Waals surface area contributed by atoms with E-state index in [-0.39, 0.29) is 23.8 Å². The summed E-state index contributed by atoms with van der Waals surface area (Å²) in [4.78, 5) is 29.6. The zero-order valence-electron chi connectivity index (χ0n) is 15.5. The zero-order chi connectivity index (χ0) is 19.7. The number of hydrogen-bond donors (Lipinski definition) is 0. The molecule has 0 unspecified atom stereocenters. The Hall–Kier alpha value is -2.28. The predicted molar refractivity (Wildman–Crippen MR) is 103 cm³/mol. The zero-order valence-corrected chi connectivity index (χ0v) is 16.3. The Morgan fingerprint density at radius 2 is 1.86 bits per heavy atom. The van der Waals surface area contributed by atoms with E-state index in [1.165, 1.54) is 12.1 Å². The highest BCUT2D eigenvalue weighted by atomic mass is 32.1. The summed E-state index contributed by atoms with van der Waals surface area (Å²) in [6.45, 7) is 2.10. The summed E-state index contributed by atoms with van der Waals surface area (Å²) in [6, 6.07) is 7.29. The summed E-state index contributed by atoms with van der Waals surface area (Å²) in [7, 11) is 0. The average Bonchev–Trinajstić information content (AvgIpc) is 3.23. The van der Waals surface area contributed by atoms with E-state index >= 15 is 0 Å². The van der Waals surface area contributed by atoms with Crippen LogP contribution in [-0.2, 0) is 22.6 Å². The molecule has 0 aliphatic carbocycles. The van der Waals surface area contributed by atoms with Crippen LogP contribution in [0, 0.1) is 17.0 Å². The van der Waals surface area contributed by atoms with Crippen molar-refractivity contribution < 1.29 is 18.4 Å². The van der Waals surface area contributed by atoms with Crippen molar-refractivity contribution in [3.05, 3.63) is 57.8 Å². The van der Waals surface area contributed by atoms with Crippen LogP contribution in [0.3, 0.4) is 0 Å². The van der Waals surface area contributed by atoms with Gasteiger partial charge >= 0.3 is 0 Å². The van der Waals surface area contributed by atoms with Crippen LogP contribution in [0.1, 0.15) is 29.7 Å². The third kappa shape index (κ3) is 4.09. The molecule has 2 amide bonds. The molecule has 4 rings (SSSR count). The van der Waals surface area contributed by atoms with Gasteiger partial charge < -0.3 is 9.80 Å². The Bertz CT molecular complexity index is 856. The molecule has 1 aromatic carbocycles. The van der Waals surface area contributed by atoms with E-state index in [0.717, 1.165) is 23.8 Å². The van der Waals surface area contributed by atoms with Crippen molar-refractivity contribution in [2.75, 3.05) is 19.6 Å². The number of halogens is 2. The van der Waals surface area contributed by atoms with E-state index in [2.05, 4.69) is 0 Å². The molecule has 148 valence electrons. The first kappa shape index (κ1) is 19.1. The van der Waals surface area contributed by atoms with Gasteiger partial charge in [0.1, 0.15) is 11.6 Å². The van der Waals surface area contributed by atoms with Gasteiger partial charge in [-0.05, 0) is 42.0 Å². The second-order valence-corrected chi connectivity index (χ2v) is 8.87. The van der Waals surface area contributed by atoms with E-state index < -0.39 is 11.6 Å². The van der Waals surface area contributed by atoms with Gasteiger partial charge in [-0.25, -0.2) is 8.78 Å². The minimum atomic E-state index is -0.631. The number of nitrogens with zero attached hydrogens (tertiary/aromatic N) is 2. The molecule has 0 N–H and O–H groups in total. The number of likely N-dealkylation sites (tertiary alicyclic amines) is 2. The van der Waals surface area contributed by atoms with Crippen molar-refractivity contribution in [1.82, 2.24) is 9.80 Å². The van der Waals surface area contributed by atoms with Gasteiger partial charge in [0, 0.05) is 49.0 Å². The number of hydrogen-bond acceptors (Lipinski definition) is 3. The van der Waals surface area contributed by atoms with E-state index in [1.807, 2.05) is 22.4 Å². The minimum Gasteiger partial charge on any atom is -0.342 e. The van der Waals surface area contributed by atoms with E-state index in [1.54, 1.807) is 16.2 Å². The standard InChI is InChI=1S/C21H22F2N2O2S/c22-16-8-15(9-17(23)10-16)13-25-14-21(12-20(25)27)3-5-24(6-4-21)19(26)11-18-2-1-7-28-18/h1-2,7-10H,3-6,11-14H2. The SMILES string of the molecule is O=C(Cc1cccs1)N1CCC2(CC1)CC(=O)N(Cc1cc(F)cc(F)c1)C2. The molecule has 2 aliphatic rings. The van der Waals surface area contributed by atoms with Crippen molar-refractivity contribution in [3.63, 3.8) is 0 Å². The Balaban J connectivity index is 1.35. The Kier molecular flexibility index (Phi) is 5.19. The van der Waals surface area contributed by atoms with Gasteiger partial charge in [-0.15, -0.1) is 11.3 Å². The van der Waals surface area contributed by atoms with Gasteiger partial charge in [-0.2, -0.15) is 0 Å². The summed E-state index contributed by atoms with van der Waals surface area (Å²) in [5.41, 5.74) is 0.328. The third-order valence-electron chi connectivity index (χ3n) is 5.78. The van der Waals surface area contributed by atoms with Gasteiger partial charge in [0.25, 0.3) is 0 Å². The summed E-state index contributed by atoms with van der Waals surface area (Å²) >= 11 is 1.59. The molecule has 1 aromatic heterocycles. The lowest BCUT2D eigenvalue weighted by Crippen LogP contribution is -2.44. The normalized spacial score (nSPS) is 18.9. The van der Waals surface area contributed by atoms with Crippen molar-refractivity contribution in [3.8, 4) is 0 Å². The van der Waals surface area contributed by atoms with Gasteiger partial charge in [-0.1, -0.05) is 6.07 Å². The van der Waals surface area contributed by atoms with Crippen LogP contribution in [0.25, 0.3) is 0 Å². The van der Waals surface area contributed by atoms with Crippen molar-refractivity contribution in [2.24, 2.45) is 5.41 Å². The second kappa shape index (κ2) is 7.62. The molecule has 3 heterocycles. The van der Waals surface area contributed by atoms with Crippen LogP contribution in [0.5, 0.6) is 0 Å². The molecule has 2 aliphatic heterocycles. The first-order valence-electron chi connectivity index (χ1n) is 9.45. The molecule has 28 heavy (non-hydrogen) atoms. The number of rotatable bonds is 4. The number of benzene rings is 1. The maximum Gasteiger partial charge on any atom is 0.227 e. The maximum absolute atomic E-state index is 13.4. The fraction of sp³-hybridized carbons (Fsp3) is 0.429. The maximum atomic E-state index is 13.4. The molecule has 7 heteroatoms. The highest BCUT2D eigenvalue weighted by Gasteiger charge is 2.45. The fourth-order valence-electron chi connectivity index (χ4n) is 4.29. The van der Waals surface area contributed by atoms with Crippen molar-refractivity contribution >= 4 is 23.2 Å². The van der Waals surface area contributed by atoms with Crippen LogP contribution >= 0.6 is 11.3 Å². The number of piperidine rings is 1. The van der Waals surface area contributed by atoms with Crippen LogP contribution in [0.4, 0.5) is 8.78 Å². The number of carbonyl (C=O) groups is 2. The van der Waals surface area contributed by atoms with Crippen molar-refractivity contribution in [2.45, 2.75) is 32.2 Å². The molecule has 1 spiro atoms. The average molecular weight is 404 g/mol. The second-order valence-electron chi connectivity index (χ2n) is 7.84. The molecule has 2 aromatic rings. The fourth-order valence-corrected chi connectivity index (χ4v) is 4.98. The molecule has 0 saturated carbocycles. The van der Waals surface area contributed by atoms with Gasteiger partial charge in [0.2, 0.25) is 11.8 Å². The van der Waals surface area contributed by atoms with E-state index in [9.17, 15) is 18.4 Å². The number of amides is 2. The summed E-state index contributed by atoms with van der Waals surface area (Å²) < 4.78 is 26.8. The summed E-state index contributed by atoms with van der Waals surface area (Å²) in [5.74, 6) is -1.11. The highest BCUT2D eigenvalue weighted by molar-refractivity contribution is 7.10. The lowest BCUT2D eigenvalue weighted by molar-refractivity contribution is -0.132. The molecule has 2 fully saturated rings. The summed E-state index contributed by atoms with van der Waals surface area (Å²) in [5, 5.41) is 1.97. The first-order chi connectivity index (χ1) is 13.4. The van der Waals surface area contributed by atoms with Crippen LogP contribution in [0.2, 0.25) is 0 Å². The lowest BCUT2D eigenvalue weighted by atomic mass is 9.77. The topological polar surface area (TPSA) is 40.6 Å². The monoisotopic (exact) mass is 404 g/mol. The van der Waals surface area contributed by atoms with E-state index in [4.69, 9.17) is 0 Å². The highest BCUT2D eigenvalue weighted by Crippen LogP contribution is 2.41. The Labute approximate surface area is 166 Å². The molecule has 2 saturated heterocycles. The Morgan fingerprint density at radius 3 is 2.50 bits per heavy atom. The van der Waals surface area contributed by atoms with Crippen LogP contribution in [0.15, 0.2) is 35.7 Å². The molecular formula is C21H22F2N2O2S. The molecule has 0 bridgehead atoms. The van der Waals surface area contributed by atoms with E-state index in [0.29, 0.717) is 38.0 Å². The third-order valence-corrected chi connectivity index (χ3v) is 6.66. The summed E-state index contributed by atoms with van der Waals surface area (Å²) in [6.07, 6.45) is 2.43. The lowest BCUT2D eigenvalue weighted by Gasteiger charge is -2.38. The predicted octanol–water partition coefficient (Wildman–Crippen LogP) is 3.61. The molecule has 4 nitrogen and oxygen atoms in total. The number of thiophene rings is 1. The quantitative estimate of drug-likeness (QED) is 0.781. The van der Waals surface area contributed by atoms with Gasteiger partial charge in [-0.3, -0.25) is 9.59 Å².